The van der Waals surface area contributed by atoms with Gasteiger partial charge in [-0.1, -0.05) is 6.92 Å². The number of hydrogen-bond donors (Lipinski definition) is 1. The van der Waals surface area contributed by atoms with Crippen LogP contribution in [0.3, 0.4) is 0 Å². The first-order valence-electron chi connectivity index (χ1n) is 12.1. The molecule has 1 aliphatic heterocycles. The van der Waals surface area contributed by atoms with Crippen molar-refractivity contribution in [3.8, 4) is 5.75 Å². The summed E-state index contributed by atoms with van der Waals surface area (Å²) in [6, 6.07) is 8.08. The third-order valence-corrected chi connectivity index (χ3v) is 6.51. The summed E-state index contributed by atoms with van der Waals surface area (Å²) >= 11 is 0. The van der Waals surface area contributed by atoms with Crippen LogP contribution in [0.4, 0.5) is 14.5 Å². The number of methoxy groups -OCH3 is 2. The zero-order valence-electron chi connectivity index (χ0n) is 21.9. The Hall–Kier alpha value is -3.08. The molecular weight excluding hydrogens is 484 g/mol. The standard InChI is InChI=1S/C27H35F2N3O5/c1-17-12-32(13-19-10-20(28)6-8-23(19)29)18(2)15-37-24-9-7-21(30-26(33)16-35-4)11-22(24)27(34)31(3)14-25(17)36-5/h6-11,17-18,25H,12-16H2,1-5H3,(H,30,33)/t17-,18-,25+/m0/s1. The lowest BCUT2D eigenvalue weighted by Gasteiger charge is -2.36. The number of amides is 2. The molecule has 37 heavy (non-hydrogen) atoms. The number of carbonyl (C=O) groups is 2. The number of rotatable bonds is 6. The predicted molar refractivity (Wildman–Crippen MR) is 136 cm³/mol. The van der Waals surface area contributed by atoms with E-state index in [0.29, 0.717) is 24.5 Å². The van der Waals surface area contributed by atoms with Crippen LogP contribution in [0.5, 0.6) is 5.75 Å². The van der Waals surface area contributed by atoms with E-state index in [1.807, 2.05) is 18.7 Å². The van der Waals surface area contributed by atoms with Crippen LogP contribution in [0.1, 0.15) is 29.8 Å². The summed E-state index contributed by atoms with van der Waals surface area (Å²) < 4.78 is 45.0. The van der Waals surface area contributed by atoms with E-state index in [4.69, 9.17) is 14.2 Å². The lowest BCUT2D eigenvalue weighted by molar-refractivity contribution is -0.119. The van der Waals surface area contributed by atoms with Crippen LogP contribution in [0.2, 0.25) is 0 Å². The molecule has 1 N–H and O–H groups in total. The number of nitrogens with zero attached hydrogens (tertiary/aromatic N) is 2. The number of likely N-dealkylation sites (N-methyl/N-ethyl adjacent to an activating group) is 1. The molecule has 0 saturated heterocycles. The maximum atomic E-state index is 14.5. The van der Waals surface area contributed by atoms with Crippen LogP contribution in [-0.2, 0) is 20.8 Å². The first-order valence-corrected chi connectivity index (χ1v) is 12.1. The molecule has 0 bridgehead atoms. The van der Waals surface area contributed by atoms with Gasteiger partial charge in [0.25, 0.3) is 5.91 Å². The van der Waals surface area contributed by atoms with Gasteiger partial charge in [-0.15, -0.1) is 0 Å². The minimum atomic E-state index is -0.500. The van der Waals surface area contributed by atoms with E-state index in [1.165, 1.54) is 13.2 Å². The molecule has 0 aromatic heterocycles. The number of hydrogen-bond acceptors (Lipinski definition) is 6. The molecular formula is C27H35F2N3O5. The third kappa shape index (κ3) is 7.47. The van der Waals surface area contributed by atoms with E-state index in [9.17, 15) is 18.4 Å². The summed E-state index contributed by atoms with van der Waals surface area (Å²) in [5.41, 5.74) is 0.978. The zero-order chi connectivity index (χ0) is 27.1. The monoisotopic (exact) mass is 519 g/mol. The summed E-state index contributed by atoms with van der Waals surface area (Å²) in [4.78, 5) is 29.0. The van der Waals surface area contributed by atoms with Gasteiger partial charge in [-0.3, -0.25) is 14.5 Å². The number of halogens is 2. The quantitative estimate of drug-likeness (QED) is 0.629. The molecule has 3 rings (SSSR count). The summed E-state index contributed by atoms with van der Waals surface area (Å²) in [5.74, 6) is -1.29. The van der Waals surface area contributed by atoms with E-state index >= 15 is 0 Å². The molecule has 3 atom stereocenters. The van der Waals surface area contributed by atoms with Gasteiger partial charge in [-0.2, -0.15) is 0 Å². The Morgan fingerprint density at radius 3 is 2.59 bits per heavy atom. The Balaban J connectivity index is 1.94. The molecule has 0 aliphatic carbocycles. The smallest absolute Gasteiger partial charge is 0.257 e. The highest BCUT2D eigenvalue weighted by Gasteiger charge is 2.29. The van der Waals surface area contributed by atoms with Crippen molar-refractivity contribution in [3.63, 3.8) is 0 Å². The second kappa shape index (κ2) is 12.9. The fraction of sp³-hybridized carbons (Fsp3) is 0.481. The molecule has 2 amide bonds. The van der Waals surface area contributed by atoms with Gasteiger partial charge < -0.3 is 24.4 Å². The Morgan fingerprint density at radius 2 is 1.89 bits per heavy atom. The predicted octanol–water partition coefficient (Wildman–Crippen LogP) is 3.56. The molecule has 0 unspecified atom stereocenters. The Labute approximate surface area is 216 Å². The lowest BCUT2D eigenvalue weighted by Crippen LogP contribution is -2.46. The molecule has 1 heterocycles. The molecule has 10 heteroatoms. The van der Waals surface area contributed by atoms with Gasteiger partial charge in [0, 0.05) is 58.2 Å². The fourth-order valence-electron chi connectivity index (χ4n) is 4.36. The van der Waals surface area contributed by atoms with Crippen molar-refractivity contribution in [1.29, 1.82) is 0 Å². The van der Waals surface area contributed by atoms with E-state index in [2.05, 4.69) is 5.32 Å². The van der Waals surface area contributed by atoms with Gasteiger partial charge >= 0.3 is 0 Å². The van der Waals surface area contributed by atoms with Gasteiger partial charge in [-0.25, -0.2) is 8.78 Å². The van der Waals surface area contributed by atoms with Gasteiger partial charge in [-0.05, 0) is 49.2 Å². The van der Waals surface area contributed by atoms with Crippen molar-refractivity contribution in [2.24, 2.45) is 5.92 Å². The first kappa shape index (κ1) is 28.5. The lowest BCUT2D eigenvalue weighted by atomic mass is 10.0. The number of carbonyl (C=O) groups excluding carboxylic acids is 2. The van der Waals surface area contributed by atoms with Crippen LogP contribution in [0, 0.1) is 17.6 Å². The highest BCUT2D eigenvalue weighted by atomic mass is 19.1. The Kier molecular flexibility index (Phi) is 9.96. The molecule has 8 nitrogen and oxygen atoms in total. The second-order valence-corrected chi connectivity index (χ2v) is 9.45. The van der Waals surface area contributed by atoms with E-state index < -0.39 is 11.6 Å². The summed E-state index contributed by atoms with van der Waals surface area (Å²) in [5, 5.41) is 2.71. The van der Waals surface area contributed by atoms with Crippen LogP contribution in [0.25, 0.3) is 0 Å². The van der Waals surface area contributed by atoms with Crippen molar-refractivity contribution in [2.45, 2.75) is 32.5 Å². The van der Waals surface area contributed by atoms with Gasteiger partial charge in [0.2, 0.25) is 5.91 Å². The largest absolute Gasteiger partial charge is 0.491 e. The second-order valence-electron chi connectivity index (χ2n) is 9.45. The minimum absolute atomic E-state index is 0.0436. The van der Waals surface area contributed by atoms with Gasteiger partial charge in [0.1, 0.15) is 30.6 Å². The number of fused-ring (bicyclic) bond motifs is 1. The van der Waals surface area contributed by atoms with Crippen LogP contribution < -0.4 is 10.1 Å². The van der Waals surface area contributed by atoms with E-state index in [0.717, 1.165) is 12.1 Å². The number of ether oxygens (including phenoxy) is 3. The zero-order valence-corrected chi connectivity index (χ0v) is 21.9. The molecule has 202 valence electrons. The van der Waals surface area contributed by atoms with Crippen LogP contribution in [0.15, 0.2) is 36.4 Å². The Morgan fingerprint density at radius 1 is 1.14 bits per heavy atom. The maximum Gasteiger partial charge on any atom is 0.257 e. The minimum Gasteiger partial charge on any atom is -0.491 e. The van der Waals surface area contributed by atoms with Gasteiger partial charge in [0.05, 0.1) is 11.7 Å². The van der Waals surface area contributed by atoms with Crippen molar-refractivity contribution in [3.05, 3.63) is 59.2 Å². The van der Waals surface area contributed by atoms with Crippen molar-refractivity contribution >= 4 is 17.5 Å². The van der Waals surface area contributed by atoms with Gasteiger partial charge in [0.15, 0.2) is 0 Å². The SMILES string of the molecule is COCC(=O)Nc1ccc2c(c1)C(=O)N(C)C[C@@H](OC)[C@@H](C)CN(Cc1cc(F)ccc1F)[C@@H](C)CO2. The Bertz CT molecular complexity index is 1100. The van der Waals surface area contributed by atoms with Crippen LogP contribution in [-0.4, -0.2) is 81.3 Å². The van der Waals surface area contributed by atoms with Crippen molar-refractivity contribution < 1.29 is 32.6 Å². The average Bonchev–Trinajstić information content (AvgIpc) is 2.86. The highest BCUT2D eigenvalue weighted by molar-refractivity contribution is 5.99. The molecule has 0 fully saturated rings. The summed E-state index contributed by atoms with van der Waals surface area (Å²) in [6.07, 6.45) is -0.311. The molecule has 0 radical (unpaired) electrons. The maximum absolute atomic E-state index is 14.5. The normalized spacial score (nSPS) is 21.4. The number of anilines is 1. The molecule has 0 spiro atoms. The summed E-state index contributed by atoms with van der Waals surface area (Å²) in [6.45, 7) is 5.00. The molecule has 2 aromatic carbocycles. The molecule has 0 saturated carbocycles. The first-order chi connectivity index (χ1) is 17.6. The van der Waals surface area contributed by atoms with Crippen molar-refractivity contribution in [2.75, 3.05) is 52.9 Å². The van der Waals surface area contributed by atoms with Crippen LogP contribution >= 0.6 is 0 Å². The fourth-order valence-corrected chi connectivity index (χ4v) is 4.36. The average molecular weight is 520 g/mol. The van der Waals surface area contributed by atoms with E-state index in [-0.39, 0.29) is 60.8 Å². The summed E-state index contributed by atoms with van der Waals surface area (Å²) in [7, 11) is 4.69. The molecule has 2 aromatic rings. The number of nitrogens with one attached hydrogen (secondary N) is 1. The molecule has 1 aliphatic rings. The topological polar surface area (TPSA) is 80.3 Å². The number of benzene rings is 2. The van der Waals surface area contributed by atoms with E-state index in [1.54, 1.807) is 37.3 Å². The highest BCUT2D eigenvalue weighted by Crippen LogP contribution is 2.27. The third-order valence-electron chi connectivity index (χ3n) is 6.51. The van der Waals surface area contributed by atoms with Crippen molar-refractivity contribution in [1.82, 2.24) is 9.80 Å².